The Bertz CT molecular complexity index is 1350. The summed E-state index contributed by atoms with van der Waals surface area (Å²) in [7, 11) is -3.79. The molecule has 4 aromatic rings. The van der Waals surface area contributed by atoms with Gasteiger partial charge < -0.3 is 4.90 Å². The minimum atomic E-state index is -3.79. The van der Waals surface area contributed by atoms with Gasteiger partial charge in [0, 0.05) is 6.54 Å². The lowest BCUT2D eigenvalue weighted by Crippen LogP contribution is -2.39. The molecule has 1 amide bonds. The molecule has 31 heavy (non-hydrogen) atoms. The van der Waals surface area contributed by atoms with Gasteiger partial charge in [0.15, 0.2) is 0 Å². The number of sulfonamides is 1. The number of thiazole rings is 1. The van der Waals surface area contributed by atoms with Gasteiger partial charge in [0.05, 0.1) is 27.7 Å². The zero-order valence-corrected chi connectivity index (χ0v) is 18.3. The van der Waals surface area contributed by atoms with E-state index < -0.39 is 10.0 Å². The summed E-state index contributed by atoms with van der Waals surface area (Å²) >= 11 is 1.59. The number of amides is 1. The molecule has 0 spiro atoms. The van der Waals surface area contributed by atoms with Crippen LogP contribution < -0.4 is 4.72 Å². The van der Waals surface area contributed by atoms with Crippen molar-refractivity contribution in [2.75, 3.05) is 13.1 Å². The number of nitrogens with zero attached hydrogens (tertiary/aromatic N) is 2. The molecule has 1 aromatic heterocycles. The van der Waals surface area contributed by atoms with E-state index in [4.69, 9.17) is 4.98 Å². The van der Waals surface area contributed by atoms with E-state index >= 15 is 0 Å². The Kier molecular flexibility index (Phi) is 5.21. The maximum Gasteiger partial charge on any atom is 0.241 e. The molecule has 3 aromatic carbocycles. The lowest BCUT2D eigenvalue weighted by Gasteiger charge is -2.23. The molecule has 2 heterocycles. The second-order valence-electron chi connectivity index (χ2n) is 7.60. The molecule has 0 radical (unpaired) electrons. The van der Waals surface area contributed by atoms with Crippen LogP contribution >= 0.6 is 11.3 Å². The molecule has 0 bridgehead atoms. The second kappa shape index (κ2) is 8.03. The summed E-state index contributed by atoms with van der Waals surface area (Å²) in [5.41, 5.74) is 0.929. The van der Waals surface area contributed by atoms with E-state index in [1.165, 1.54) is 0 Å². The lowest BCUT2D eigenvalue weighted by atomic mass is 10.1. The average molecular weight is 452 g/mol. The summed E-state index contributed by atoms with van der Waals surface area (Å²) in [4.78, 5) is 19.5. The van der Waals surface area contributed by atoms with Crippen molar-refractivity contribution in [2.24, 2.45) is 0 Å². The SMILES string of the molecule is O=C(CNS(=O)(=O)c1ccc2ccccc2c1)N1CCCC1c1nc2ccccc2s1. The molecule has 5 rings (SSSR count). The van der Waals surface area contributed by atoms with Crippen LogP contribution in [-0.4, -0.2) is 37.3 Å². The second-order valence-corrected chi connectivity index (χ2v) is 10.4. The first kappa shape index (κ1) is 20.1. The Labute approximate surface area is 184 Å². The Morgan fingerprint density at radius 3 is 2.68 bits per heavy atom. The number of hydrogen-bond donors (Lipinski definition) is 1. The van der Waals surface area contributed by atoms with Crippen molar-refractivity contribution in [2.45, 2.75) is 23.8 Å². The van der Waals surface area contributed by atoms with E-state index in [-0.39, 0.29) is 23.4 Å². The first-order valence-corrected chi connectivity index (χ1v) is 12.4. The molecule has 1 fully saturated rings. The van der Waals surface area contributed by atoms with Crippen LogP contribution in [-0.2, 0) is 14.8 Å². The van der Waals surface area contributed by atoms with Gasteiger partial charge in [-0.15, -0.1) is 11.3 Å². The number of para-hydroxylation sites is 1. The number of rotatable bonds is 5. The fraction of sp³-hybridized carbons (Fsp3) is 0.217. The minimum absolute atomic E-state index is 0.102. The van der Waals surface area contributed by atoms with Gasteiger partial charge in [-0.05, 0) is 47.9 Å². The number of carbonyl (C=O) groups excluding carboxylic acids is 1. The van der Waals surface area contributed by atoms with Crippen LogP contribution in [0.4, 0.5) is 0 Å². The third kappa shape index (κ3) is 3.94. The highest BCUT2D eigenvalue weighted by molar-refractivity contribution is 7.89. The molecule has 1 atom stereocenters. The fourth-order valence-corrected chi connectivity index (χ4v) is 6.16. The quantitative estimate of drug-likeness (QED) is 0.496. The molecule has 6 nitrogen and oxygen atoms in total. The smallest absolute Gasteiger partial charge is 0.241 e. The van der Waals surface area contributed by atoms with Crippen molar-refractivity contribution in [3.05, 3.63) is 71.7 Å². The van der Waals surface area contributed by atoms with Gasteiger partial charge in [0.25, 0.3) is 0 Å². The number of nitrogens with one attached hydrogen (secondary N) is 1. The molecule has 1 aliphatic rings. The van der Waals surface area contributed by atoms with Crippen LogP contribution in [0.3, 0.4) is 0 Å². The predicted octanol–water partition coefficient (Wildman–Crippen LogP) is 4.09. The van der Waals surface area contributed by atoms with E-state index in [9.17, 15) is 13.2 Å². The van der Waals surface area contributed by atoms with E-state index in [0.29, 0.717) is 6.54 Å². The monoisotopic (exact) mass is 451 g/mol. The number of carbonyl (C=O) groups is 1. The summed E-state index contributed by atoms with van der Waals surface area (Å²) in [6.45, 7) is 0.341. The molecule has 1 N–H and O–H groups in total. The molecule has 8 heteroatoms. The number of likely N-dealkylation sites (tertiary alicyclic amines) is 1. The van der Waals surface area contributed by atoms with Gasteiger partial charge in [-0.25, -0.2) is 18.1 Å². The highest BCUT2D eigenvalue weighted by atomic mass is 32.2. The lowest BCUT2D eigenvalue weighted by molar-refractivity contribution is -0.130. The van der Waals surface area contributed by atoms with Gasteiger partial charge in [-0.3, -0.25) is 4.79 Å². The average Bonchev–Trinajstić information content (AvgIpc) is 3.44. The maximum absolute atomic E-state index is 12.9. The van der Waals surface area contributed by atoms with Crippen LogP contribution in [0, 0.1) is 0 Å². The molecule has 158 valence electrons. The largest absolute Gasteiger partial charge is 0.332 e. The Balaban J connectivity index is 1.31. The van der Waals surface area contributed by atoms with Gasteiger partial charge in [0.1, 0.15) is 5.01 Å². The zero-order valence-electron chi connectivity index (χ0n) is 16.7. The normalized spacial score (nSPS) is 16.9. The van der Waals surface area contributed by atoms with Gasteiger partial charge in [0.2, 0.25) is 15.9 Å². The topological polar surface area (TPSA) is 79.4 Å². The van der Waals surface area contributed by atoms with Crippen LogP contribution in [0.15, 0.2) is 71.6 Å². The van der Waals surface area contributed by atoms with Crippen molar-refractivity contribution in [3.8, 4) is 0 Å². The number of hydrogen-bond acceptors (Lipinski definition) is 5. The van der Waals surface area contributed by atoms with E-state index in [1.54, 1.807) is 34.4 Å². The summed E-state index contributed by atoms with van der Waals surface area (Å²) < 4.78 is 29.1. The van der Waals surface area contributed by atoms with Gasteiger partial charge in [-0.2, -0.15) is 0 Å². The molecular formula is C23H21N3O3S2. The first-order chi connectivity index (χ1) is 15.0. The van der Waals surface area contributed by atoms with Crippen LogP contribution in [0.25, 0.3) is 21.0 Å². The standard InChI is InChI=1S/C23H21N3O3S2/c27-22(15-24-31(28,29)18-12-11-16-6-1-2-7-17(16)14-18)26-13-5-9-20(26)23-25-19-8-3-4-10-21(19)30-23/h1-4,6-8,10-12,14,20,24H,5,9,13,15H2. The third-order valence-corrected chi connectivity index (χ3v) is 8.15. The fourth-order valence-electron chi connectivity index (χ4n) is 4.03. The van der Waals surface area contributed by atoms with E-state index in [0.717, 1.165) is 38.8 Å². The number of benzene rings is 3. The minimum Gasteiger partial charge on any atom is -0.332 e. The highest BCUT2D eigenvalue weighted by Crippen LogP contribution is 2.36. The number of fused-ring (bicyclic) bond motifs is 2. The summed E-state index contributed by atoms with van der Waals surface area (Å²) in [5.74, 6) is -0.230. The molecule has 1 aliphatic heterocycles. The summed E-state index contributed by atoms with van der Waals surface area (Å²) in [6.07, 6.45) is 1.72. The number of aromatic nitrogens is 1. The summed E-state index contributed by atoms with van der Waals surface area (Å²) in [5, 5.41) is 2.71. The molecule has 0 saturated carbocycles. The Morgan fingerprint density at radius 2 is 1.84 bits per heavy atom. The molecular weight excluding hydrogens is 430 g/mol. The maximum atomic E-state index is 12.9. The Hall–Kier alpha value is -2.81. The van der Waals surface area contributed by atoms with E-state index in [2.05, 4.69) is 4.72 Å². The van der Waals surface area contributed by atoms with Crippen molar-refractivity contribution in [1.29, 1.82) is 0 Å². The van der Waals surface area contributed by atoms with Crippen molar-refractivity contribution >= 4 is 48.3 Å². The van der Waals surface area contributed by atoms with E-state index in [1.807, 2.05) is 48.5 Å². The van der Waals surface area contributed by atoms with Crippen molar-refractivity contribution < 1.29 is 13.2 Å². The first-order valence-electron chi connectivity index (χ1n) is 10.1. The zero-order chi connectivity index (χ0) is 21.4. The van der Waals surface area contributed by atoms with Crippen molar-refractivity contribution in [1.82, 2.24) is 14.6 Å². The highest BCUT2D eigenvalue weighted by Gasteiger charge is 2.32. The Morgan fingerprint density at radius 1 is 1.06 bits per heavy atom. The molecule has 1 unspecified atom stereocenters. The van der Waals surface area contributed by atoms with Crippen LogP contribution in [0.1, 0.15) is 23.9 Å². The van der Waals surface area contributed by atoms with Crippen LogP contribution in [0.5, 0.6) is 0 Å². The predicted molar refractivity (Wildman–Crippen MR) is 122 cm³/mol. The van der Waals surface area contributed by atoms with Crippen molar-refractivity contribution in [3.63, 3.8) is 0 Å². The van der Waals surface area contributed by atoms with Crippen LogP contribution in [0.2, 0.25) is 0 Å². The van der Waals surface area contributed by atoms with Gasteiger partial charge in [-0.1, -0.05) is 42.5 Å². The molecule has 0 aliphatic carbocycles. The van der Waals surface area contributed by atoms with Gasteiger partial charge >= 0.3 is 0 Å². The third-order valence-electron chi connectivity index (χ3n) is 5.61. The molecule has 1 saturated heterocycles. The summed E-state index contributed by atoms with van der Waals surface area (Å²) in [6, 6.07) is 20.3.